The van der Waals surface area contributed by atoms with Gasteiger partial charge in [0.15, 0.2) is 5.82 Å². The molecule has 230 valence electrons. The zero-order valence-corrected chi connectivity index (χ0v) is 26.4. The zero-order chi connectivity index (χ0) is 30.7. The smallest absolute Gasteiger partial charge is 0.329 e. The number of anilines is 2. The monoisotopic (exact) mass is 579 g/mol. The number of benzene rings is 1. The van der Waals surface area contributed by atoms with Gasteiger partial charge in [0.05, 0.1) is 5.52 Å². The van der Waals surface area contributed by atoms with Gasteiger partial charge in [0.2, 0.25) is 5.91 Å². The molecule has 0 radical (unpaired) electrons. The molecule has 0 bridgehead atoms. The summed E-state index contributed by atoms with van der Waals surface area (Å²) in [6.45, 7) is 12.0. The van der Waals surface area contributed by atoms with Crippen molar-refractivity contribution in [2.45, 2.75) is 78.4 Å². The molecule has 2 aromatic heterocycles. The molecule has 1 aromatic carbocycles. The number of rotatable bonds is 16. The highest BCUT2D eigenvalue weighted by Crippen LogP contribution is 2.24. The second kappa shape index (κ2) is 15.5. The van der Waals surface area contributed by atoms with Crippen LogP contribution in [-0.4, -0.2) is 76.4 Å². The first kappa shape index (κ1) is 32.8. The van der Waals surface area contributed by atoms with Crippen LogP contribution in [0.15, 0.2) is 36.4 Å². The minimum atomic E-state index is -0.606. The standard InChI is InChI=1S/C32H49N7O3/c1-8-24-16-17-25(35-29(24)33-6)13-11-12-20-39(22-19-34-23(2)40)21-18-27(31(41)42-32(3,4)5)36-30-26-14-9-10-15-28(26)38(7)37-30/h9-10,14-17,27H,8,11-13,18-22H2,1-7H3,(H,33,35)(H,34,40)(H,36,37). The first-order valence-electron chi connectivity index (χ1n) is 15.0. The van der Waals surface area contributed by atoms with E-state index in [-0.39, 0.29) is 11.9 Å². The molecule has 3 rings (SSSR count). The Balaban J connectivity index is 1.67. The maximum Gasteiger partial charge on any atom is 0.329 e. The van der Waals surface area contributed by atoms with Gasteiger partial charge in [-0.3, -0.25) is 9.48 Å². The molecule has 0 aliphatic heterocycles. The molecule has 3 aromatic rings. The van der Waals surface area contributed by atoms with Crippen LogP contribution in [-0.2, 0) is 34.2 Å². The second-order valence-electron chi connectivity index (χ2n) is 11.7. The van der Waals surface area contributed by atoms with Gasteiger partial charge in [-0.2, -0.15) is 5.10 Å². The number of nitrogens with zero attached hydrogens (tertiary/aromatic N) is 4. The van der Waals surface area contributed by atoms with Crippen molar-refractivity contribution in [3.8, 4) is 0 Å². The fourth-order valence-corrected chi connectivity index (χ4v) is 4.96. The van der Waals surface area contributed by atoms with E-state index in [2.05, 4.69) is 45.0 Å². The highest BCUT2D eigenvalue weighted by atomic mass is 16.6. The number of para-hydroxylation sites is 1. The number of fused-ring (bicyclic) bond motifs is 1. The van der Waals surface area contributed by atoms with E-state index in [0.29, 0.717) is 31.9 Å². The summed E-state index contributed by atoms with van der Waals surface area (Å²) in [6, 6.07) is 11.6. The van der Waals surface area contributed by atoms with Gasteiger partial charge in [-0.15, -0.1) is 0 Å². The molecular weight excluding hydrogens is 530 g/mol. The Labute approximate surface area is 250 Å². The third-order valence-electron chi connectivity index (χ3n) is 7.11. The van der Waals surface area contributed by atoms with E-state index >= 15 is 0 Å². The quantitative estimate of drug-likeness (QED) is 0.167. The topological polar surface area (TPSA) is 113 Å². The molecule has 1 amide bonds. The predicted molar refractivity (Wildman–Crippen MR) is 170 cm³/mol. The fraction of sp³-hybridized carbons (Fsp3) is 0.562. The number of hydrogen-bond donors (Lipinski definition) is 3. The van der Waals surface area contributed by atoms with Crippen molar-refractivity contribution in [1.29, 1.82) is 0 Å². The lowest BCUT2D eigenvalue weighted by Crippen LogP contribution is -2.41. The summed E-state index contributed by atoms with van der Waals surface area (Å²) >= 11 is 0. The van der Waals surface area contributed by atoms with E-state index in [9.17, 15) is 9.59 Å². The second-order valence-corrected chi connectivity index (χ2v) is 11.7. The number of nitrogens with one attached hydrogen (secondary N) is 3. The van der Waals surface area contributed by atoms with E-state index in [1.54, 1.807) is 0 Å². The number of carbonyl (C=O) groups is 2. The van der Waals surface area contributed by atoms with Gasteiger partial charge < -0.3 is 25.6 Å². The summed E-state index contributed by atoms with van der Waals surface area (Å²) in [4.78, 5) is 31.9. The minimum Gasteiger partial charge on any atom is -0.458 e. The van der Waals surface area contributed by atoms with Crippen LogP contribution in [0.3, 0.4) is 0 Å². The van der Waals surface area contributed by atoms with Crippen LogP contribution in [0, 0.1) is 0 Å². The summed E-state index contributed by atoms with van der Waals surface area (Å²) in [6.07, 6.45) is 4.34. The molecule has 42 heavy (non-hydrogen) atoms. The van der Waals surface area contributed by atoms with E-state index < -0.39 is 11.6 Å². The largest absolute Gasteiger partial charge is 0.458 e. The molecule has 0 fully saturated rings. The molecule has 10 nitrogen and oxygen atoms in total. The van der Waals surface area contributed by atoms with Gasteiger partial charge in [0, 0.05) is 51.7 Å². The Morgan fingerprint density at radius 3 is 2.50 bits per heavy atom. The number of aryl methyl sites for hydroxylation is 3. The van der Waals surface area contributed by atoms with Crippen molar-refractivity contribution >= 4 is 34.4 Å². The lowest BCUT2D eigenvalue weighted by Gasteiger charge is -2.27. The molecule has 1 unspecified atom stereocenters. The molecule has 2 heterocycles. The molecule has 0 aliphatic carbocycles. The molecule has 0 spiro atoms. The van der Waals surface area contributed by atoms with Crippen LogP contribution in [0.1, 0.15) is 65.1 Å². The number of amides is 1. The van der Waals surface area contributed by atoms with Gasteiger partial charge in [-0.25, -0.2) is 9.78 Å². The van der Waals surface area contributed by atoms with Crippen molar-refractivity contribution in [3.63, 3.8) is 0 Å². The molecule has 3 N–H and O–H groups in total. The summed E-state index contributed by atoms with van der Waals surface area (Å²) in [7, 11) is 3.81. The molecule has 0 saturated carbocycles. The highest BCUT2D eigenvalue weighted by molar-refractivity contribution is 5.92. The number of ether oxygens (including phenoxy) is 1. The lowest BCUT2D eigenvalue weighted by atomic mass is 10.1. The van der Waals surface area contributed by atoms with E-state index in [4.69, 9.17) is 9.72 Å². The molecule has 0 aliphatic rings. The fourth-order valence-electron chi connectivity index (χ4n) is 4.96. The zero-order valence-electron chi connectivity index (χ0n) is 26.4. The summed E-state index contributed by atoms with van der Waals surface area (Å²) in [5.74, 6) is 1.26. The van der Waals surface area contributed by atoms with Crippen LogP contribution in [0.25, 0.3) is 10.9 Å². The molecule has 10 heteroatoms. The highest BCUT2D eigenvalue weighted by Gasteiger charge is 2.27. The van der Waals surface area contributed by atoms with Crippen LogP contribution < -0.4 is 16.0 Å². The molecular formula is C32H49N7O3. The number of aromatic nitrogens is 3. The van der Waals surface area contributed by atoms with E-state index in [0.717, 1.165) is 54.6 Å². The van der Waals surface area contributed by atoms with Crippen molar-refractivity contribution < 1.29 is 14.3 Å². The summed E-state index contributed by atoms with van der Waals surface area (Å²) < 4.78 is 7.61. The molecule has 1 atom stereocenters. The first-order chi connectivity index (χ1) is 20.0. The Morgan fingerprint density at radius 1 is 1.05 bits per heavy atom. The van der Waals surface area contributed by atoms with Crippen LogP contribution in [0.2, 0.25) is 0 Å². The van der Waals surface area contributed by atoms with Crippen molar-refractivity contribution in [3.05, 3.63) is 47.7 Å². The van der Waals surface area contributed by atoms with Gasteiger partial charge in [0.25, 0.3) is 0 Å². The summed E-state index contributed by atoms with van der Waals surface area (Å²) in [5, 5.41) is 15.1. The summed E-state index contributed by atoms with van der Waals surface area (Å²) in [5.41, 5.74) is 2.68. The number of carbonyl (C=O) groups excluding carboxylic acids is 2. The van der Waals surface area contributed by atoms with Gasteiger partial charge >= 0.3 is 5.97 Å². The lowest BCUT2D eigenvalue weighted by molar-refractivity contribution is -0.156. The van der Waals surface area contributed by atoms with Crippen molar-refractivity contribution in [2.24, 2.45) is 7.05 Å². The molecule has 0 saturated heterocycles. The van der Waals surface area contributed by atoms with Crippen LogP contribution in [0.5, 0.6) is 0 Å². The Hall–Kier alpha value is -3.66. The number of esters is 1. The first-order valence-corrected chi connectivity index (χ1v) is 15.0. The maximum absolute atomic E-state index is 13.3. The van der Waals surface area contributed by atoms with Crippen LogP contribution >= 0.6 is 0 Å². The SMILES string of the molecule is CCc1ccc(CCCCN(CCNC(C)=O)CCC(Nc2nn(C)c3ccccc23)C(=O)OC(C)(C)C)nc1NC. The van der Waals surface area contributed by atoms with E-state index in [1.807, 2.05) is 63.8 Å². The van der Waals surface area contributed by atoms with Crippen molar-refractivity contribution in [2.75, 3.05) is 43.9 Å². The number of pyridine rings is 1. The van der Waals surface area contributed by atoms with Crippen molar-refractivity contribution in [1.82, 2.24) is 25.0 Å². The Morgan fingerprint density at radius 2 is 1.81 bits per heavy atom. The van der Waals surface area contributed by atoms with E-state index in [1.165, 1.54) is 12.5 Å². The normalized spacial score (nSPS) is 12.4. The average molecular weight is 580 g/mol. The Kier molecular flexibility index (Phi) is 12.2. The minimum absolute atomic E-state index is 0.0489. The van der Waals surface area contributed by atoms with Gasteiger partial charge in [-0.1, -0.05) is 25.1 Å². The number of hydrogen-bond acceptors (Lipinski definition) is 8. The maximum atomic E-state index is 13.3. The third-order valence-corrected chi connectivity index (χ3v) is 7.11. The Bertz CT molecular complexity index is 1320. The number of unbranched alkanes of at least 4 members (excludes halogenated alkanes) is 1. The van der Waals surface area contributed by atoms with Gasteiger partial charge in [-0.05, 0) is 83.2 Å². The predicted octanol–water partition coefficient (Wildman–Crippen LogP) is 4.55. The average Bonchev–Trinajstić information content (AvgIpc) is 3.26. The van der Waals surface area contributed by atoms with Crippen LogP contribution in [0.4, 0.5) is 11.6 Å². The van der Waals surface area contributed by atoms with Gasteiger partial charge in [0.1, 0.15) is 17.5 Å². The third kappa shape index (κ3) is 10.0.